The molecule has 2 bridgehead atoms. The SMILES string of the molecule is C[C@]12C[C@@H]3N[C@H]1CCC[C@H]2N(C(=O)c1ncccn1)[C@H]3Cc1ccccc1. The lowest BCUT2D eigenvalue weighted by Crippen LogP contribution is -2.62. The summed E-state index contributed by atoms with van der Waals surface area (Å²) in [6, 6.07) is 13.5. The zero-order chi connectivity index (χ0) is 18.4. The van der Waals surface area contributed by atoms with Gasteiger partial charge < -0.3 is 10.2 Å². The van der Waals surface area contributed by atoms with E-state index in [1.807, 2.05) is 6.07 Å². The molecule has 2 aromatic rings. The van der Waals surface area contributed by atoms with E-state index in [0.29, 0.717) is 17.9 Å². The second-order valence-corrected chi connectivity index (χ2v) is 8.52. The van der Waals surface area contributed by atoms with Gasteiger partial charge in [0.25, 0.3) is 5.91 Å². The van der Waals surface area contributed by atoms with Gasteiger partial charge in [-0.05, 0) is 43.7 Å². The summed E-state index contributed by atoms with van der Waals surface area (Å²) in [6.45, 7) is 2.37. The molecule has 1 aromatic heterocycles. The number of carbonyl (C=O) groups excluding carboxylic acids is 1. The third-order valence-electron chi connectivity index (χ3n) is 7.04. The quantitative estimate of drug-likeness (QED) is 0.912. The standard InChI is InChI=1S/C22H26N4O/c1-22-14-16-17(13-15-7-3-2-4-8-15)26(19(22)10-5-9-18(22)25-16)21(27)20-23-11-6-12-24-20/h2-4,6-8,11-12,16-19,25H,5,9-10,13-14H2,1H3/t16-,17-,18-,19+,22-/m0/s1. The zero-order valence-electron chi connectivity index (χ0n) is 15.7. The van der Waals surface area contributed by atoms with Gasteiger partial charge in [-0.3, -0.25) is 4.79 Å². The Bertz CT molecular complexity index is 827. The predicted octanol–water partition coefficient (Wildman–Crippen LogP) is 2.83. The van der Waals surface area contributed by atoms with Crippen molar-refractivity contribution in [3.63, 3.8) is 0 Å². The Morgan fingerprint density at radius 2 is 1.96 bits per heavy atom. The van der Waals surface area contributed by atoms with Crippen LogP contribution in [0.1, 0.15) is 48.8 Å². The van der Waals surface area contributed by atoms with E-state index in [-0.39, 0.29) is 23.4 Å². The lowest BCUT2D eigenvalue weighted by atomic mass is 9.64. The lowest BCUT2D eigenvalue weighted by Gasteiger charge is -2.53. The van der Waals surface area contributed by atoms with E-state index in [0.717, 1.165) is 19.3 Å². The number of benzene rings is 1. The number of hydrogen-bond donors (Lipinski definition) is 1. The van der Waals surface area contributed by atoms with Crippen LogP contribution < -0.4 is 5.32 Å². The summed E-state index contributed by atoms with van der Waals surface area (Å²) in [4.78, 5) is 24.2. The molecule has 5 rings (SSSR count). The predicted molar refractivity (Wildman–Crippen MR) is 103 cm³/mol. The van der Waals surface area contributed by atoms with Crippen LogP contribution >= 0.6 is 0 Å². The molecule has 2 aliphatic heterocycles. The van der Waals surface area contributed by atoms with Crippen molar-refractivity contribution in [1.82, 2.24) is 20.2 Å². The molecule has 1 amide bonds. The van der Waals surface area contributed by atoms with E-state index in [1.165, 1.54) is 18.4 Å². The van der Waals surface area contributed by atoms with Gasteiger partial charge in [0.2, 0.25) is 5.82 Å². The maximum absolute atomic E-state index is 13.5. The first-order chi connectivity index (χ1) is 13.2. The number of aromatic nitrogens is 2. The summed E-state index contributed by atoms with van der Waals surface area (Å²) in [6.07, 6.45) is 8.80. The van der Waals surface area contributed by atoms with Gasteiger partial charge in [-0.25, -0.2) is 9.97 Å². The summed E-state index contributed by atoms with van der Waals surface area (Å²) in [5, 5.41) is 3.90. The fraction of sp³-hybridized carbons (Fsp3) is 0.500. The first-order valence-electron chi connectivity index (χ1n) is 10.1. The van der Waals surface area contributed by atoms with E-state index in [9.17, 15) is 4.79 Å². The van der Waals surface area contributed by atoms with Gasteiger partial charge in [-0.15, -0.1) is 0 Å². The van der Waals surface area contributed by atoms with Crippen LogP contribution in [0.5, 0.6) is 0 Å². The third kappa shape index (κ3) is 2.67. The molecule has 5 heteroatoms. The number of hydrogen-bond acceptors (Lipinski definition) is 4. The number of nitrogens with one attached hydrogen (secondary N) is 1. The van der Waals surface area contributed by atoms with E-state index in [2.05, 4.69) is 51.4 Å². The second-order valence-electron chi connectivity index (χ2n) is 8.52. The highest BCUT2D eigenvalue weighted by Crippen LogP contribution is 2.52. The maximum Gasteiger partial charge on any atom is 0.292 e. The van der Waals surface area contributed by atoms with Gasteiger partial charge in [0.15, 0.2) is 0 Å². The highest BCUT2D eigenvalue weighted by Gasteiger charge is 2.60. The van der Waals surface area contributed by atoms with Gasteiger partial charge in [0, 0.05) is 35.9 Å². The average Bonchev–Trinajstić information content (AvgIpc) is 3.05. The second kappa shape index (κ2) is 6.41. The number of nitrogens with zero attached hydrogens (tertiary/aromatic N) is 3. The zero-order valence-corrected chi connectivity index (χ0v) is 15.7. The summed E-state index contributed by atoms with van der Waals surface area (Å²) in [7, 11) is 0. The molecule has 0 radical (unpaired) electrons. The van der Waals surface area contributed by atoms with Crippen LogP contribution in [0.25, 0.3) is 0 Å². The first kappa shape index (κ1) is 16.9. The van der Waals surface area contributed by atoms with Crippen LogP contribution in [-0.4, -0.2) is 44.9 Å². The minimum absolute atomic E-state index is 0.0122. The molecule has 5 nitrogen and oxygen atoms in total. The average molecular weight is 362 g/mol. The summed E-state index contributed by atoms with van der Waals surface area (Å²) >= 11 is 0. The molecule has 1 N–H and O–H groups in total. The Morgan fingerprint density at radius 3 is 2.74 bits per heavy atom. The summed E-state index contributed by atoms with van der Waals surface area (Å²) in [5.41, 5.74) is 1.43. The van der Waals surface area contributed by atoms with Gasteiger partial charge in [-0.1, -0.05) is 37.3 Å². The fourth-order valence-corrected chi connectivity index (χ4v) is 5.79. The number of amides is 1. The third-order valence-corrected chi connectivity index (χ3v) is 7.04. The molecule has 0 spiro atoms. The van der Waals surface area contributed by atoms with Crippen molar-refractivity contribution in [2.24, 2.45) is 5.41 Å². The Balaban J connectivity index is 1.55. The summed E-state index contributed by atoms with van der Waals surface area (Å²) < 4.78 is 0. The minimum atomic E-state index is -0.0122. The van der Waals surface area contributed by atoms with Crippen molar-refractivity contribution in [1.29, 1.82) is 0 Å². The number of fused-ring (bicyclic) bond motifs is 1. The van der Waals surface area contributed by atoms with Gasteiger partial charge in [0.1, 0.15) is 0 Å². The molecule has 3 aliphatic rings. The number of rotatable bonds is 3. The Morgan fingerprint density at radius 1 is 1.19 bits per heavy atom. The molecule has 140 valence electrons. The largest absolute Gasteiger partial charge is 0.327 e. The van der Waals surface area contributed by atoms with Crippen LogP contribution in [0.15, 0.2) is 48.8 Å². The van der Waals surface area contributed by atoms with Gasteiger partial charge in [-0.2, -0.15) is 0 Å². The monoisotopic (exact) mass is 362 g/mol. The Kier molecular flexibility index (Phi) is 4.01. The molecule has 2 saturated heterocycles. The molecule has 1 aliphatic carbocycles. The molecule has 3 fully saturated rings. The van der Waals surface area contributed by atoms with Crippen LogP contribution in [0.2, 0.25) is 0 Å². The van der Waals surface area contributed by atoms with Crippen molar-refractivity contribution < 1.29 is 4.79 Å². The Hall–Kier alpha value is -2.27. The Labute approximate surface area is 160 Å². The smallest absolute Gasteiger partial charge is 0.292 e. The van der Waals surface area contributed by atoms with Crippen molar-refractivity contribution in [3.05, 3.63) is 60.2 Å². The fourth-order valence-electron chi connectivity index (χ4n) is 5.79. The highest BCUT2D eigenvalue weighted by molar-refractivity contribution is 5.91. The van der Waals surface area contributed by atoms with E-state index >= 15 is 0 Å². The highest BCUT2D eigenvalue weighted by atomic mass is 16.2. The molecular weight excluding hydrogens is 336 g/mol. The molecule has 3 heterocycles. The van der Waals surface area contributed by atoms with E-state index < -0.39 is 0 Å². The van der Waals surface area contributed by atoms with Crippen LogP contribution in [0.4, 0.5) is 0 Å². The number of piperidine rings is 1. The molecule has 27 heavy (non-hydrogen) atoms. The number of carbonyl (C=O) groups is 1. The molecule has 0 unspecified atom stereocenters. The van der Waals surface area contributed by atoms with Crippen molar-refractivity contribution in [3.8, 4) is 0 Å². The molecule has 5 atom stereocenters. The van der Waals surface area contributed by atoms with Gasteiger partial charge >= 0.3 is 0 Å². The van der Waals surface area contributed by atoms with E-state index in [4.69, 9.17) is 0 Å². The summed E-state index contributed by atoms with van der Waals surface area (Å²) in [5.74, 6) is 0.310. The van der Waals surface area contributed by atoms with Crippen molar-refractivity contribution in [2.45, 2.75) is 63.2 Å². The lowest BCUT2D eigenvalue weighted by molar-refractivity contribution is -0.0119. The van der Waals surface area contributed by atoms with Crippen LogP contribution in [0, 0.1) is 5.41 Å². The number of likely N-dealkylation sites (tertiary alicyclic amines) is 1. The minimum Gasteiger partial charge on any atom is -0.327 e. The maximum atomic E-state index is 13.5. The normalized spacial score (nSPS) is 34.5. The molecule has 1 saturated carbocycles. The van der Waals surface area contributed by atoms with Crippen molar-refractivity contribution >= 4 is 5.91 Å². The van der Waals surface area contributed by atoms with Crippen molar-refractivity contribution in [2.75, 3.05) is 0 Å². The molecular formula is C22H26N4O. The van der Waals surface area contributed by atoms with Crippen LogP contribution in [-0.2, 0) is 6.42 Å². The van der Waals surface area contributed by atoms with E-state index in [1.54, 1.807) is 18.5 Å². The first-order valence-corrected chi connectivity index (χ1v) is 10.1. The topological polar surface area (TPSA) is 58.1 Å². The molecule has 1 aromatic carbocycles. The van der Waals surface area contributed by atoms with Crippen LogP contribution in [0.3, 0.4) is 0 Å². The van der Waals surface area contributed by atoms with Gasteiger partial charge in [0.05, 0.1) is 6.04 Å².